The Balaban J connectivity index is 1.27. The summed E-state index contributed by atoms with van der Waals surface area (Å²) in [7, 11) is 0. The summed E-state index contributed by atoms with van der Waals surface area (Å²) < 4.78 is 47.3. The number of rotatable bonds is 7. The van der Waals surface area contributed by atoms with Crippen molar-refractivity contribution in [3.63, 3.8) is 0 Å². The van der Waals surface area contributed by atoms with Gasteiger partial charge in [0.1, 0.15) is 17.5 Å². The zero-order valence-electron chi connectivity index (χ0n) is 25.4. The highest BCUT2D eigenvalue weighted by atomic mass is 19.1. The molecule has 1 N–H and O–H groups in total. The van der Waals surface area contributed by atoms with Crippen molar-refractivity contribution < 1.29 is 22.4 Å². The third-order valence-corrected chi connectivity index (χ3v) is 9.52. The van der Waals surface area contributed by atoms with Crippen molar-refractivity contribution in [1.82, 2.24) is 20.1 Å². The molecule has 1 saturated heterocycles. The number of aromatic nitrogens is 3. The van der Waals surface area contributed by atoms with Gasteiger partial charge in [-0.1, -0.05) is 24.3 Å². The number of amides is 1. The molecule has 1 fully saturated rings. The van der Waals surface area contributed by atoms with Crippen LogP contribution in [0.3, 0.4) is 0 Å². The standard InChI is InChI=1S/C36H30F3N5O3/c37-24-10-5-20(6-11-24)7-13-27-31(34-41-42-36(46)47-34)30(32-33(40-27)29-4-2-16-44(29)35(32)45)22-9-14-28-21(17-22)3-1-15-43(28)19-23-8-12-25(38)18-26(23)39/h5-6,8-12,14,17-18,29H,1-4,7,13,15-16,19H2,(H,42,46)/t29-/m1/s1. The summed E-state index contributed by atoms with van der Waals surface area (Å²) in [6.07, 6.45) is 4.25. The largest absolute Gasteiger partial charge is 0.434 e. The molecule has 0 aliphatic carbocycles. The number of carbonyl (C=O) groups excluding carboxylic acids is 1. The van der Waals surface area contributed by atoms with E-state index in [1.807, 2.05) is 23.1 Å². The number of nitrogens with zero attached hydrogens (tertiary/aromatic N) is 4. The van der Waals surface area contributed by atoms with Gasteiger partial charge >= 0.3 is 5.76 Å². The molecule has 0 unspecified atom stereocenters. The second kappa shape index (κ2) is 11.6. The number of fused-ring (bicyclic) bond motifs is 4. The Kier molecular flexibility index (Phi) is 7.19. The number of hydrogen-bond donors (Lipinski definition) is 1. The lowest BCUT2D eigenvalue weighted by Crippen LogP contribution is -2.29. The number of aryl methyl sites for hydroxylation is 3. The highest BCUT2D eigenvalue weighted by molar-refractivity contribution is 6.08. The average Bonchev–Trinajstić information content (AvgIpc) is 3.79. The maximum atomic E-state index is 14.6. The summed E-state index contributed by atoms with van der Waals surface area (Å²) in [5.74, 6) is -2.31. The molecule has 1 atom stereocenters. The summed E-state index contributed by atoms with van der Waals surface area (Å²) in [5, 5.41) is 6.55. The molecule has 0 spiro atoms. The lowest BCUT2D eigenvalue weighted by Gasteiger charge is -2.32. The van der Waals surface area contributed by atoms with Gasteiger partial charge in [-0.2, -0.15) is 0 Å². The van der Waals surface area contributed by atoms with Crippen LogP contribution in [0.1, 0.15) is 63.7 Å². The van der Waals surface area contributed by atoms with Gasteiger partial charge in [0.25, 0.3) is 11.8 Å². The van der Waals surface area contributed by atoms with Crippen LogP contribution in [0.5, 0.6) is 0 Å². The first-order valence-electron chi connectivity index (χ1n) is 15.8. The Hall–Kier alpha value is -5.19. The van der Waals surface area contributed by atoms with Gasteiger partial charge in [-0.3, -0.25) is 9.78 Å². The lowest BCUT2D eigenvalue weighted by molar-refractivity contribution is 0.0776. The van der Waals surface area contributed by atoms with E-state index >= 15 is 0 Å². The van der Waals surface area contributed by atoms with Crippen LogP contribution < -0.4 is 10.7 Å². The lowest BCUT2D eigenvalue weighted by atomic mass is 9.88. The Morgan fingerprint density at radius 3 is 2.49 bits per heavy atom. The second-order valence-corrected chi connectivity index (χ2v) is 12.4. The van der Waals surface area contributed by atoms with Gasteiger partial charge in [-0.25, -0.2) is 23.1 Å². The maximum Gasteiger partial charge on any atom is 0.434 e. The van der Waals surface area contributed by atoms with Crippen LogP contribution in [0, 0.1) is 17.5 Å². The van der Waals surface area contributed by atoms with Crippen molar-refractivity contribution in [3.8, 4) is 22.6 Å². The first-order chi connectivity index (χ1) is 22.8. The van der Waals surface area contributed by atoms with Crippen LogP contribution in [0.25, 0.3) is 22.6 Å². The Morgan fingerprint density at radius 2 is 1.70 bits per heavy atom. The van der Waals surface area contributed by atoms with Crippen LogP contribution in [0.4, 0.5) is 18.9 Å². The fourth-order valence-electron chi connectivity index (χ4n) is 7.35. The van der Waals surface area contributed by atoms with Crippen molar-refractivity contribution >= 4 is 11.6 Å². The Labute approximate surface area is 267 Å². The van der Waals surface area contributed by atoms with E-state index in [0.717, 1.165) is 54.1 Å². The normalized spacial score (nSPS) is 16.8. The molecule has 47 heavy (non-hydrogen) atoms. The molecular weight excluding hydrogens is 607 g/mol. The minimum Gasteiger partial charge on any atom is -0.388 e. The monoisotopic (exact) mass is 637 g/mol. The summed E-state index contributed by atoms with van der Waals surface area (Å²) in [4.78, 5) is 35.3. The van der Waals surface area contributed by atoms with Crippen molar-refractivity contribution in [1.29, 1.82) is 0 Å². The predicted molar refractivity (Wildman–Crippen MR) is 168 cm³/mol. The third-order valence-electron chi connectivity index (χ3n) is 9.52. The Morgan fingerprint density at radius 1 is 0.872 bits per heavy atom. The third kappa shape index (κ3) is 5.19. The molecule has 5 aromatic rings. The van der Waals surface area contributed by atoms with Gasteiger partial charge < -0.3 is 14.2 Å². The minimum absolute atomic E-state index is 0.0420. The zero-order chi connectivity index (χ0) is 32.2. The predicted octanol–water partition coefficient (Wildman–Crippen LogP) is 6.54. The molecule has 0 bridgehead atoms. The van der Waals surface area contributed by atoms with Gasteiger partial charge in [0.2, 0.25) is 0 Å². The van der Waals surface area contributed by atoms with Crippen molar-refractivity contribution in [2.75, 3.05) is 18.0 Å². The number of nitrogens with one attached hydrogen (secondary N) is 1. The van der Waals surface area contributed by atoms with Crippen molar-refractivity contribution in [3.05, 3.63) is 122 Å². The number of benzene rings is 3. The number of halogens is 3. The molecule has 11 heteroatoms. The van der Waals surface area contributed by atoms with Crippen molar-refractivity contribution in [2.45, 2.75) is 51.1 Å². The molecule has 0 radical (unpaired) electrons. The number of anilines is 1. The number of hydrogen-bond acceptors (Lipinski definition) is 6. The number of aromatic amines is 1. The smallest absolute Gasteiger partial charge is 0.388 e. The average molecular weight is 638 g/mol. The SMILES string of the molecule is O=C1c2c(nc(CCc3ccc(F)cc3)c(-c3n[nH]c(=O)o3)c2-c2ccc3c(c2)CCCN3Cc2ccc(F)cc2F)[C@H]2CCCN12. The van der Waals surface area contributed by atoms with E-state index in [1.54, 1.807) is 12.1 Å². The molecule has 5 heterocycles. The van der Waals surface area contributed by atoms with Crippen LogP contribution in [0.15, 0.2) is 69.9 Å². The summed E-state index contributed by atoms with van der Waals surface area (Å²) >= 11 is 0. The Bertz CT molecular complexity index is 2090. The molecule has 238 valence electrons. The van der Waals surface area contributed by atoms with Crippen LogP contribution in [-0.4, -0.2) is 39.1 Å². The summed E-state index contributed by atoms with van der Waals surface area (Å²) in [5.41, 5.74) is 6.95. The van der Waals surface area contributed by atoms with E-state index in [1.165, 1.54) is 24.3 Å². The molecule has 8 rings (SSSR count). The fraction of sp³-hybridized carbons (Fsp3) is 0.278. The topological polar surface area (TPSA) is 95.3 Å². The van der Waals surface area contributed by atoms with Crippen LogP contribution in [-0.2, 0) is 25.8 Å². The molecule has 8 nitrogen and oxygen atoms in total. The van der Waals surface area contributed by atoms with Crippen LogP contribution in [0.2, 0.25) is 0 Å². The quantitative estimate of drug-likeness (QED) is 0.218. The highest BCUT2D eigenvalue weighted by Gasteiger charge is 2.44. The first kappa shape index (κ1) is 29.2. The molecule has 3 aromatic carbocycles. The van der Waals surface area contributed by atoms with Crippen molar-refractivity contribution in [2.24, 2.45) is 0 Å². The van der Waals surface area contributed by atoms with E-state index in [9.17, 15) is 22.8 Å². The van der Waals surface area contributed by atoms with E-state index < -0.39 is 17.4 Å². The van der Waals surface area contributed by atoms with Crippen LogP contribution >= 0.6 is 0 Å². The fourth-order valence-corrected chi connectivity index (χ4v) is 7.35. The molecular formula is C36H30F3N5O3. The highest BCUT2D eigenvalue weighted by Crippen LogP contribution is 2.48. The summed E-state index contributed by atoms with van der Waals surface area (Å²) in [6, 6.07) is 15.8. The zero-order valence-corrected chi connectivity index (χ0v) is 25.4. The number of pyridine rings is 1. The van der Waals surface area contributed by atoms with E-state index in [-0.39, 0.29) is 30.2 Å². The molecule has 0 saturated carbocycles. The molecule has 2 aromatic heterocycles. The number of carbonyl (C=O) groups is 1. The van der Waals surface area contributed by atoms with Gasteiger partial charge in [0.15, 0.2) is 0 Å². The van der Waals surface area contributed by atoms with E-state index in [0.29, 0.717) is 59.6 Å². The van der Waals surface area contributed by atoms with Gasteiger partial charge in [-0.05, 0) is 85.5 Å². The number of H-pyrrole nitrogens is 1. The summed E-state index contributed by atoms with van der Waals surface area (Å²) in [6.45, 7) is 1.63. The van der Waals surface area contributed by atoms with Gasteiger partial charge in [0, 0.05) is 42.5 Å². The van der Waals surface area contributed by atoms with E-state index in [4.69, 9.17) is 9.40 Å². The molecule has 3 aliphatic rings. The van der Waals surface area contributed by atoms with Gasteiger partial charge in [-0.15, -0.1) is 5.10 Å². The maximum absolute atomic E-state index is 14.6. The van der Waals surface area contributed by atoms with E-state index in [2.05, 4.69) is 15.1 Å². The molecule has 1 amide bonds. The van der Waals surface area contributed by atoms with Gasteiger partial charge in [0.05, 0.1) is 28.6 Å². The minimum atomic E-state index is -0.725. The first-order valence-corrected chi connectivity index (χ1v) is 15.8. The second-order valence-electron chi connectivity index (χ2n) is 12.4. The molecule has 3 aliphatic heterocycles.